The maximum absolute atomic E-state index is 12.6. The second kappa shape index (κ2) is 7.41. The molecule has 1 unspecified atom stereocenters. The van der Waals surface area contributed by atoms with Crippen molar-refractivity contribution in [3.05, 3.63) is 72.3 Å². The summed E-state index contributed by atoms with van der Waals surface area (Å²) in [6, 6.07) is 16.9. The number of hydrogen-bond donors (Lipinski definition) is 0. The first-order chi connectivity index (χ1) is 11.3. The van der Waals surface area contributed by atoms with E-state index in [2.05, 4.69) is 49.0 Å². The van der Waals surface area contributed by atoms with Crippen molar-refractivity contribution in [3.8, 4) is 11.1 Å². The third-order valence-corrected chi connectivity index (χ3v) is 4.83. The molecule has 1 nitrogen and oxygen atoms in total. The lowest BCUT2D eigenvalue weighted by Gasteiger charge is -2.20. The smallest absolute Gasteiger partial charge is 0.140 e. The van der Waals surface area contributed by atoms with Gasteiger partial charge in [0.25, 0.3) is 0 Å². The van der Waals surface area contributed by atoms with E-state index >= 15 is 0 Å². The second-order valence-corrected chi connectivity index (χ2v) is 6.35. The van der Waals surface area contributed by atoms with E-state index in [4.69, 9.17) is 0 Å². The number of hydrogen-bond acceptors (Lipinski definition) is 1. The third kappa shape index (κ3) is 3.44. The Hall–Kier alpha value is -2.15. The number of benzene rings is 2. The van der Waals surface area contributed by atoms with E-state index in [1.807, 2.05) is 12.1 Å². The van der Waals surface area contributed by atoms with E-state index in [-0.39, 0.29) is 5.92 Å². The number of ketones is 1. The van der Waals surface area contributed by atoms with Crippen LogP contribution in [0.15, 0.2) is 61.2 Å². The molecule has 1 atom stereocenters. The Kier molecular flexibility index (Phi) is 5.07. The first-order valence-corrected chi connectivity index (χ1v) is 8.62. The molecule has 0 aliphatic heterocycles. The summed E-state index contributed by atoms with van der Waals surface area (Å²) in [6.45, 7) is 3.93. The maximum Gasteiger partial charge on any atom is 0.140 e. The lowest BCUT2D eigenvalue weighted by molar-refractivity contribution is -0.120. The molecule has 0 bridgehead atoms. The molecule has 1 fully saturated rings. The van der Waals surface area contributed by atoms with Gasteiger partial charge >= 0.3 is 0 Å². The Morgan fingerprint density at radius 1 is 1.00 bits per heavy atom. The van der Waals surface area contributed by atoms with Gasteiger partial charge in [0.1, 0.15) is 5.78 Å². The van der Waals surface area contributed by atoms with Gasteiger partial charge in [0.05, 0.1) is 0 Å². The largest absolute Gasteiger partial charge is 0.299 e. The first-order valence-electron chi connectivity index (χ1n) is 8.62. The quantitative estimate of drug-likeness (QED) is 0.523. The van der Waals surface area contributed by atoms with Crippen LogP contribution in [0.1, 0.15) is 49.1 Å². The van der Waals surface area contributed by atoms with Crippen LogP contribution in [-0.2, 0) is 11.2 Å². The van der Waals surface area contributed by atoms with Gasteiger partial charge in [-0.1, -0.05) is 67.4 Å². The van der Waals surface area contributed by atoms with E-state index < -0.39 is 0 Å². The summed E-state index contributed by atoms with van der Waals surface area (Å²) < 4.78 is 0. The van der Waals surface area contributed by atoms with E-state index in [9.17, 15) is 4.79 Å². The molecule has 0 saturated heterocycles. The zero-order valence-electron chi connectivity index (χ0n) is 13.6. The average Bonchev–Trinajstić information content (AvgIpc) is 2.81. The highest BCUT2D eigenvalue weighted by Crippen LogP contribution is 2.36. The van der Waals surface area contributed by atoms with E-state index in [0.717, 1.165) is 32.1 Å². The normalized spacial score (nSPS) is 18.4. The molecule has 23 heavy (non-hydrogen) atoms. The topological polar surface area (TPSA) is 17.1 Å². The lowest BCUT2D eigenvalue weighted by Crippen LogP contribution is -2.13. The average molecular weight is 304 g/mol. The molecule has 3 rings (SSSR count). The molecule has 1 aliphatic carbocycles. The Bertz CT molecular complexity index is 684. The van der Waals surface area contributed by atoms with Crippen molar-refractivity contribution >= 4 is 5.78 Å². The minimum Gasteiger partial charge on any atom is -0.299 e. The molecule has 1 aliphatic rings. The molecule has 118 valence electrons. The zero-order chi connectivity index (χ0) is 16.1. The Morgan fingerprint density at radius 3 is 2.61 bits per heavy atom. The molecule has 0 radical (unpaired) electrons. The van der Waals surface area contributed by atoms with Crippen LogP contribution in [0.4, 0.5) is 0 Å². The molecule has 0 amide bonds. The lowest BCUT2D eigenvalue weighted by atomic mass is 9.83. The van der Waals surface area contributed by atoms with Crippen LogP contribution < -0.4 is 0 Å². The van der Waals surface area contributed by atoms with E-state index in [1.165, 1.54) is 28.7 Å². The van der Waals surface area contributed by atoms with Crippen LogP contribution in [0.25, 0.3) is 11.1 Å². The SMILES string of the molecule is C=CCc1c(-c2ccccc2)cccc1C1CCCCCC1=O. The van der Waals surface area contributed by atoms with Gasteiger partial charge in [-0.25, -0.2) is 0 Å². The highest BCUT2D eigenvalue weighted by molar-refractivity contribution is 5.87. The molecular formula is C22H24O. The Labute approximate surface area is 139 Å². The molecular weight excluding hydrogens is 280 g/mol. The van der Waals surface area contributed by atoms with Crippen LogP contribution in [0.2, 0.25) is 0 Å². The minimum atomic E-state index is 0.0658. The summed E-state index contributed by atoms with van der Waals surface area (Å²) >= 11 is 0. The van der Waals surface area contributed by atoms with Crippen molar-refractivity contribution in [2.24, 2.45) is 0 Å². The van der Waals surface area contributed by atoms with Gasteiger partial charge in [0.2, 0.25) is 0 Å². The van der Waals surface area contributed by atoms with Crippen LogP contribution in [0, 0.1) is 0 Å². The maximum atomic E-state index is 12.6. The van der Waals surface area contributed by atoms with Crippen LogP contribution in [0.3, 0.4) is 0 Å². The van der Waals surface area contributed by atoms with Crippen LogP contribution >= 0.6 is 0 Å². The van der Waals surface area contributed by atoms with Crippen molar-refractivity contribution in [1.29, 1.82) is 0 Å². The van der Waals surface area contributed by atoms with Crippen LogP contribution in [0.5, 0.6) is 0 Å². The zero-order valence-corrected chi connectivity index (χ0v) is 13.6. The second-order valence-electron chi connectivity index (χ2n) is 6.35. The van der Waals surface area contributed by atoms with Gasteiger partial charge in [-0.15, -0.1) is 6.58 Å². The van der Waals surface area contributed by atoms with E-state index in [0.29, 0.717) is 5.78 Å². The van der Waals surface area contributed by atoms with E-state index in [1.54, 1.807) is 0 Å². The number of Topliss-reactive ketones (excluding diaryl/α,β-unsaturated/α-hetero) is 1. The summed E-state index contributed by atoms with van der Waals surface area (Å²) in [5.74, 6) is 0.481. The molecule has 0 heterocycles. The summed E-state index contributed by atoms with van der Waals surface area (Å²) in [5.41, 5.74) is 4.94. The predicted octanol–water partition coefficient (Wildman–Crippen LogP) is 5.70. The van der Waals surface area contributed by atoms with Crippen molar-refractivity contribution in [3.63, 3.8) is 0 Å². The fourth-order valence-corrected chi connectivity index (χ4v) is 3.68. The summed E-state index contributed by atoms with van der Waals surface area (Å²) in [6.07, 6.45) is 7.85. The van der Waals surface area contributed by atoms with Gasteiger partial charge in [-0.05, 0) is 41.5 Å². The number of carbonyl (C=O) groups excluding carboxylic acids is 1. The Morgan fingerprint density at radius 2 is 1.83 bits per heavy atom. The van der Waals surface area contributed by atoms with Crippen molar-refractivity contribution in [2.45, 2.75) is 44.4 Å². The third-order valence-electron chi connectivity index (χ3n) is 4.83. The van der Waals surface area contributed by atoms with Crippen molar-refractivity contribution in [2.75, 3.05) is 0 Å². The molecule has 1 saturated carbocycles. The molecule has 1 heteroatoms. The van der Waals surface area contributed by atoms with Gasteiger partial charge in [0, 0.05) is 12.3 Å². The molecule has 2 aromatic carbocycles. The predicted molar refractivity (Wildman–Crippen MR) is 96.6 cm³/mol. The first kappa shape index (κ1) is 15.7. The molecule has 2 aromatic rings. The summed E-state index contributed by atoms with van der Waals surface area (Å²) in [7, 11) is 0. The standard InChI is InChI=1S/C22H24O/c1-2-10-19-18(17-11-5-3-6-12-17)14-9-15-20(19)21-13-7-4-8-16-22(21)23/h2-3,5-6,9,11-12,14-15,21H,1,4,7-8,10,13,16H2. The molecule has 0 aromatic heterocycles. The number of rotatable bonds is 4. The fourth-order valence-electron chi connectivity index (χ4n) is 3.68. The minimum absolute atomic E-state index is 0.0658. The number of carbonyl (C=O) groups is 1. The van der Waals surface area contributed by atoms with Gasteiger partial charge in [0.15, 0.2) is 0 Å². The van der Waals surface area contributed by atoms with Crippen molar-refractivity contribution in [1.82, 2.24) is 0 Å². The molecule has 0 spiro atoms. The Balaban J connectivity index is 2.09. The van der Waals surface area contributed by atoms with Gasteiger partial charge < -0.3 is 0 Å². The van der Waals surface area contributed by atoms with Gasteiger partial charge in [-0.2, -0.15) is 0 Å². The fraction of sp³-hybridized carbons (Fsp3) is 0.318. The number of allylic oxidation sites excluding steroid dienone is 1. The highest BCUT2D eigenvalue weighted by Gasteiger charge is 2.25. The van der Waals surface area contributed by atoms with Gasteiger partial charge in [-0.3, -0.25) is 4.79 Å². The summed E-state index contributed by atoms with van der Waals surface area (Å²) in [5, 5.41) is 0. The summed E-state index contributed by atoms with van der Waals surface area (Å²) in [4.78, 5) is 12.6. The highest BCUT2D eigenvalue weighted by atomic mass is 16.1. The monoisotopic (exact) mass is 304 g/mol. The van der Waals surface area contributed by atoms with Crippen molar-refractivity contribution < 1.29 is 4.79 Å². The molecule has 0 N–H and O–H groups in total. The van der Waals surface area contributed by atoms with Crippen LogP contribution in [-0.4, -0.2) is 5.78 Å².